The van der Waals surface area contributed by atoms with Gasteiger partial charge in [0.2, 0.25) is 0 Å². The van der Waals surface area contributed by atoms with Crippen LogP contribution >= 0.6 is 0 Å². The Hall–Kier alpha value is -5.71. The van der Waals surface area contributed by atoms with Crippen molar-refractivity contribution >= 4 is 0 Å². The van der Waals surface area contributed by atoms with Gasteiger partial charge in [0.1, 0.15) is 29.5 Å². The quantitative estimate of drug-likeness (QED) is 0.151. The molecule has 0 amide bonds. The summed E-state index contributed by atoms with van der Waals surface area (Å²) in [7, 11) is 3.30. The van der Waals surface area contributed by atoms with Gasteiger partial charge in [-0.15, -0.1) is 0 Å². The van der Waals surface area contributed by atoms with E-state index < -0.39 is 0 Å². The molecule has 51 heavy (non-hydrogen) atoms. The molecule has 2 aromatic heterocycles. The predicted octanol–water partition coefficient (Wildman–Crippen LogP) is 6.33. The second-order valence-electron chi connectivity index (χ2n) is 12.4. The molecule has 10 nitrogen and oxygen atoms in total. The predicted molar refractivity (Wildman–Crippen MR) is 198 cm³/mol. The molecule has 3 heterocycles. The zero-order chi connectivity index (χ0) is 35.0. The van der Waals surface area contributed by atoms with E-state index in [4.69, 9.17) is 24.0 Å². The van der Waals surface area contributed by atoms with Crippen LogP contribution in [0.4, 0.5) is 0 Å². The topological polar surface area (TPSA) is 104 Å². The van der Waals surface area contributed by atoms with Gasteiger partial charge in [-0.1, -0.05) is 66.7 Å². The second-order valence-corrected chi connectivity index (χ2v) is 12.4. The van der Waals surface area contributed by atoms with Crippen LogP contribution in [0.5, 0.6) is 17.2 Å². The maximum Gasteiger partial charge on any atom is 0.267 e. The third-order valence-corrected chi connectivity index (χ3v) is 9.07. The largest absolute Gasteiger partial charge is 0.497 e. The van der Waals surface area contributed by atoms with Crippen LogP contribution in [0.3, 0.4) is 0 Å². The molecule has 10 heteroatoms. The highest BCUT2D eigenvalue weighted by Gasteiger charge is 2.25. The van der Waals surface area contributed by atoms with Gasteiger partial charge < -0.3 is 18.9 Å². The highest BCUT2D eigenvalue weighted by Crippen LogP contribution is 2.40. The monoisotopic (exact) mass is 683 g/mol. The molecule has 0 bridgehead atoms. The Balaban J connectivity index is 1.34. The van der Waals surface area contributed by atoms with E-state index in [1.807, 2.05) is 102 Å². The molecule has 1 aliphatic heterocycles. The van der Waals surface area contributed by atoms with Crippen LogP contribution in [-0.4, -0.2) is 78.6 Å². The Kier molecular flexibility index (Phi) is 10.5. The lowest BCUT2D eigenvalue weighted by atomic mass is 9.97. The van der Waals surface area contributed by atoms with Crippen LogP contribution in [0.2, 0.25) is 0 Å². The van der Waals surface area contributed by atoms with E-state index in [-0.39, 0.29) is 5.56 Å². The van der Waals surface area contributed by atoms with E-state index in [0.717, 1.165) is 89.3 Å². The number of benzene rings is 4. The Labute approximate surface area is 297 Å². The minimum atomic E-state index is -0.237. The second kappa shape index (κ2) is 15.9. The molecule has 1 fully saturated rings. The summed E-state index contributed by atoms with van der Waals surface area (Å²) in [6.45, 7) is 5.20. The number of hydrogen-bond acceptors (Lipinski definition) is 8. The number of H-pyrrole nitrogens is 1. The fourth-order valence-corrected chi connectivity index (χ4v) is 6.33. The maximum absolute atomic E-state index is 13.2. The summed E-state index contributed by atoms with van der Waals surface area (Å²) in [5.74, 6) is 2.31. The smallest absolute Gasteiger partial charge is 0.267 e. The van der Waals surface area contributed by atoms with Crippen LogP contribution in [0.15, 0.2) is 114 Å². The molecule has 0 unspecified atom stereocenters. The van der Waals surface area contributed by atoms with Crippen molar-refractivity contribution in [3.63, 3.8) is 0 Å². The van der Waals surface area contributed by atoms with Gasteiger partial charge in [0.05, 0.1) is 50.9 Å². The molecule has 1 N–H and O–H groups in total. The normalized spacial score (nSPS) is 13.2. The first-order chi connectivity index (χ1) is 25.1. The van der Waals surface area contributed by atoms with Gasteiger partial charge in [-0.05, 0) is 53.6 Å². The molecular formula is C41H41N5O5. The first kappa shape index (κ1) is 33.8. The maximum atomic E-state index is 13.2. The summed E-state index contributed by atoms with van der Waals surface area (Å²) in [6.07, 6.45) is 0.428. The molecule has 6 aromatic rings. The SMILES string of the molecule is COc1ccc(Cc2cc(-c3c(-c4ccccc4)nn(Cc4ccc(OC)cc4)c3-c3cccc(OCCN4CCOCC4)c3)n[nH]c2=O)cc1. The van der Waals surface area contributed by atoms with Crippen LogP contribution in [0.1, 0.15) is 16.7 Å². The molecular weight excluding hydrogens is 642 g/mol. The lowest BCUT2D eigenvalue weighted by Crippen LogP contribution is -2.38. The van der Waals surface area contributed by atoms with Gasteiger partial charge in [0, 0.05) is 42.7 Å². The van der Waals surface area contributed by atoms with E-state index in [0.29, 0.717) is 30.8 Å². The molecule has 0 spiro atoms. The van der Waals surface area contributed by atoms with Crippen LogP contribution < -0.4 is 19.8 Å². The van der Waals surface area contributed by atoms with Crippen molar-refractivity contribution in [2.45, 2.75) is 13.0 Å². The van der Waals surface area contributed by atoms with E-state index in [2.05, 4.69) is 27.2 Å². The van der Waals surface area contributed by atoms with Gasteiger partial charge in [0.25, 0.3) is 5.56 Å². The number of ether oxygens (including phenoxy) is 4. The van der Waals surface area contributed by atoms with E-state index in [1.165, 1.54) is 0 Å². The van der Waals surface area contributed by atoms with Crippen molar-refractivity contribution in [3.8, 4) is 51.0 Å². The Morgan fingerprint density at radius 2 is 1.45 bits per heavy atom. The lowest BCUT2D eigenvalue weighted by molar-refractivity contribution is 0.0322. The van der Waals surface area contributed by atoms with Gasteiger partial charge in [-0.2, -0.15) is 10.2 Å². The molecule has 0 radical (unpaired) electrons. The third kappa shape index (κ3) is 8.03. The summed E-state index contributed by atoms with van der Waals surface area (Å²) in [5, 5.41) is 12.7. The molecule has 4 aromatic carbocycles. The summed E-state index contributed by atoms with van der Waals surface area (Å²) in [6, 6.07) is 35.8. The van der Waals surface area contributed by atoms with Crippen molar-refractivity contribution in [3.05, 3.63) is 136 Å². The molecule has 0 saturated carbocycles. The highest BCUT2D eigenvalue weighted by atomic mass is 16.5. The summed E-state index contributed by atoms with van der Waals surface area (Å²) in [4.78, 5) is 15.6. The van der Waals surface area contributed by atoms with Gasteiger partial charge in [-0.3, -0.25) is 14.4 Å². The number of hydrogen-bond donors (Lipinski definition) is 1. The molecule has 1 saturated heterocycles. The van der Waals surface area contributed by atoms with Crippen molar-refractivity contribution < 1.29 is 18.9 Å². The zero-order valence-electron chi connectivity index (χ0n) is 28.9. The Morgan fingerprint density at radius 1 is 0.765 bits per heavy atom. The number of aromatic nitrogens is 4. The number of morpholine rings is 1. The van der Waals surface area contributed by atoms with Crippen molar-refractivity contribution in [1.82, 2.24) is 24.9 Å². The summed E-state index contributed by atoms with van der Waals surface area (Å²) < 4.78 is 24.6. The fourth-order valence-electron chi connectivity index (χ4n) is 6.33. The van der Waals surface area contributed by atoms with Crippen molar-refractivity contribution in [2.75, 3.05) is 53.7 Å². The van der Waals surface area contributed by atoms with Gasteiger partial charge >= 0.3 is 0 Å². The Bertz CT molecular complexity index is 2100. The lowest BCUT2D eigenvalue weighted by Gasteiger charge is -2.26. The third-order valence-electron chi connectivity index (χ3n) is 9.07. The highest BCUT2D eigenvalue weighted by molar-refractivity contribution is 5.90. The van der Waals surface area contributed by atoms with E-state index in [1.54, 1.807) is 14.2 Å². The van der Waals surface area contributed by atoms with E-state index >= 15 is 0 Å². The molecule has 0 aliphatic carbocycles. The average molecular weight is 684 g/mol. The van der Waals surface area contributed by atoms with Crippen molar-refractivity contribution in [2.24, 2.45) is 0 Å². The van der Waals surface area contributed by atoms with Crippen LogP contribution in [-0.2, 0) is 17.7 Å². The van der Waals surface area contributed by atoms with Gasteiger partial charge in [0.15, 0.2) is 0 Å². The zero-order valence-corrected chi connectivity index (χ0v) is 28.9. The number of aromatic amines is 1. The van der Waals surface area contributed by atoms with Crippen LogP contribution in [0.25, 0.3) is 33.8 Å². The summed E-state index contributed by atoms with van der Waals surface area (Å²) >= 11 is 0. The van der Waals surface area contributed by atoms with Crippen molar-refractivity contribution in [1.29, 1.82) is 0 Å². The first-order valence-corrected chi connectivity index (χ1v) is 17.1. The molecule has 0 atom stereocenters. The first-order valence-electron chi connectivity index (χ1n) is 17.1. The molecule has 260 valence electrons. The minimum absolute atomic E-state index is 0.237. The summed E-state index contributed by atoms with van der Waals surface area (Å²) in [5.41, 5.74) is 7.30. The van der Waals surface area contributed by atoms with Crippen LogP contribution in [0, 0.1) is 0 Å². The standard InChI is InChI=1S/C41H41N5O5/c1-48-34-15-11-29(12-16-34)25-33-27-37(42-43-41(33)47)38-39(31-7-4-3-5-8-31)44-46(28-30-13-17-35(49-2)18-14-30)40(38)32-9-6-10-36(26-32)51-24-21-45-19-22-50-23-20-45/h3-18,26-27H,19-25,28H2,1-2H3,(H,43,47). The average Bonchev–Trinajstić information content (AvgIpc) is 3.56. The van der Waals surface area contributed by atoms with E-state index in [9.17, 15) is 4.79 Å². The minimum Gasteiger partial charge on any atom is -0.497 e. The number of nitrogens with one attached hydrogen (secondary N) is 1. The number of methoxy groups -OCH3 is 2. The number of rotatable bonds is 13. The fraction of sp³-hybridized carbons (Fsp3) is 0.244. The van der Waals surface area contributed by atoms with Gasteiger partial charge in [-0.25, -0.2) is 5.10 Å². The molecule has 7 rings (SSSR count). The number of nitrogens with zero attached hydrogens (tertiary/aromatic N) is 4. The molecule has 1 aliphatic rings. The Morgan fingerprint density at radius 3 is 2.16 bits per heavy atom.